The Bertz CT molecular complexity index is 1480. The highest BCUT2D eigenvalue weighted by Crippen LogP contribution is 2.34. The number of aryl methyl sites for hydroxylation is 1. The minimum Gasteiger partial charge on any atom is -0.489 e. The molecule has 2 aliphatic heterocycles. The second kappa shape index (κ2) is 13.3. The molecule has 1 fully saturated rings. The van der Waals surface area contributed by atoms with Crippen molar-refractivity contribution in [3.8, 4) is 17.1 Å². The molecule has 1 atom stereocenters. The number of morpholine rings is 1. The number of allylic oxidation sites excluding steroid dienone is 6. The van der Waals surface area contributed by atoms with Crippen LogP contribution < -0.4 is 4.74 Å². The van der Waals surface area contributed by atoms with Gasteiger partial charge >= 0.3 is 0 Å². The van der Waals surface area contributed by atoms with Gasteiger partial charge in [0.25, 0.3) is 0 Å². The number of benzene rings is 1. The highest BCUT2D eigenvalue weighted by Gasteiger charge is 2.24. The van der Waals surface area contributed by atoms with Crippen molar-refractivity contribution in [3.63, 3.8) is 0 Å². The minimum absolute atomic E-state index is 0.330. The van der Waals surface area contributed by atoms with E-state index in [1.807, 2.05) is 17.9 Å². The Kier molecular flexibility index (Phi) is 8.92. The minimum atomic E-state index is 0.330. The SMILES string of the molecule is CCC1C=CCC2=CC=C(c3cnn(C)c3)CC=C2N1Cc1cccc(-c2ncc(OCCN3CCOCC3)cn2)c1. The van der Waals surface area contributed by atoms with Crippen LogP contribution >= 0.6 is 0 Å². The molecule has 0 bridgehead atoms. The van der Waals surface area contributed by atoms with Gasteiger partial charge in [-0.05, 0) is 42.0 Å². The van der Waals surface area contributed by atoms with E-state index in [1.54, 1.807) is 12.4 Å². The molecule has 8 heteroatoms. The lowest BCUT2D eigenvalue weighted by atomic mass is 10.0. The van der Waals surface area contributed by atoms with Gasteiger partial charge < -0.3 is 14.4 Å². The predicted octanol–water partition coefficient (Wildman–Crippen LogP) is 5.43. The molecule has 0 amide bonds. The van der Waals surface area contributed by atoms with Gasteiger partial charge in [-0.1, -0.05) is 55.5 Å². The maximum atomic E-state index is 5.92. The van der Waals surface area contributed by atoms with Crippen LogP contribution in [0.25, 0.3) is 17.0 Å². The Balaban J connectivity index is 1.16. The molecule has 6 rings (SSSR count). The molecule has 3 aromatic rings. The summed E-state index contributed by atoms with van der Waals surface area (Å²) < 4.78 is 13.2. The normalized spacial score (nSPS) is 19.3. The summed E-state index contributed by atoms with van der Waals surface area (Å²) in [5.74, 6) is 1.41. The van der Waals surface area contributed by atoms with Crippen LogP contribution in [0.4, 0.5) is 0 Å². The summed E-state index contributed by atoms with van der Waals surface area (Å²) in [6.07, 6.45) is 22.1. The topological polar surface area (TPSA) is 68.5 Å². The Morgan fingerprint density at radius 2 is 1.83 bits per heavy atom. The first-order chi connectivity index (χ1) is 20.7. The first-order valence-electron chi connectivity index (χ1n) is 15.0. The van der Waals surface area contributed by atoms with E-state index in [1.165, 1.54) is 28.0 Å². The molecule has 42 heavy (non-hydrogen) atoms. The Hall–Kier alpha value is -4.01. The van der Waals surface area contributed by atoms with Gasteiger partial charge in [-0.25, -0.2) is 9.97 Å². The molecule has 1 unspecified atom stereocenters. The standard InChI is InChI=1S/C34H40N6O2/c1-3-31-9-5-7-28-11-10-27(30-21-37-38(2)25-30)12-13-33(28)40(31)24-26-6-4-8-29(20-26)34-35-22-32(23-36-34)42-19-16-39-14-17-41-18-15-39/h4-6,8-11,13,20-23,25,31H,3,7,12,14-19,24H2,1-2H3. The molecule has 0 saturated carbocycles. The summed E-state index contributed by atoms with van der Waals surface area (Å²) in [6.45, 7) is 8.08. The molecule has 0 N–H and O–H groups in total. The van der Waals surface area contributed by atoms with E-state index in [0.29, 0.717) is 24.2 Å². The fraction of sp³-hybridized carbons (Fsp3) is 0.382. The van der Waals surface area contributed by atoms with E-state index >= 15 is 0 Å². The number of ether oxygens (including phenoxy) is 2. The predicted molar refractivity (Wildman–Crippen MR) is 166 cm³/mol. The molecule has 8 nitrogen and oxygen atoms in total. The summed E-state index contributed by atoms with van der Waals surface area (Å²) in [5, 5.41) is 4.38. The molecule has 1 saturated heterocycles. The number of aromatic nitrogens is 4. The van der Waals surface area contributed by atoms with Gasteiger partial charge in [0.05, 0.1) is 31.8 Å². The third kappa shape index (κ3) is 6.72. The van der Waals surface area contributed by atoms with Crippen LogP contribution in [0.15, 0.2) is 90.7 Å². The van der Waals surface area contributed by atoms with Crippen molar-refractivity contribution in [2.75, 3.05) is 39.5 Å². The molecule has 1 aliphatic carbocycles. The lowest BCUT2D eigenvalue weighted by molar-refractivity contribution is 0.0322. The van der Waals surface area contributed by atoms with E-state index in [9.17, 15) is 0 Å². The van der Waals surface area contributed by atoms with Crippen LogP contribution in [0.2, 0.25) is 0 Å². The molecular formula is C34H40N6O2. The van der Waals surface area contributed by atoms with Crippen molar-refractivity contribution in [2.24, 2.45) is 7.05 Å². The molecule has 218 valence electrons. The molecule has 1 aromatic carbocycles. The van der Waals surface area contributed by atoms with E-state index in [2.05, 4.69) is 92.6 Å². The van der Waals surface area contributed by atoms with Gasteiger partial charge in [0.2, 0.25) is 0 Å². The van der Waals surface area contributed by atoms with Crippen LogP contribution in [-0.2, 0) is 18.3 Å². The lowest BCUT2D eigenvalue weighted by Gasteiger charge is -2.33. The number of fused-ring (bicyclic) bond motifs is 1. The lowest BCUT2D eigenvalue weighted by Crippen LogP contribution is -2.38. The van der Waals surface area contributed by atoms with Gasteiger partial charge in [-0.2, -0.15) is 5.10 Å². The highest BCUT2D eigenvalue weighted by atomic mass is 16.5. The number of hydrogen-bond donors (Lipinski definition) is 0. The van der Waals surface area contributed by atoms with Crippen molar-refractivity contribution < 1.29 is 9.47 Å². The fourth-order valence-corrected chi connectivity index (χ4v) is 5.82. The molecule has 4 heterocycles. The summed E-state index contributed by atoms with van der Waals surface area (Å²) in [7, 11) is 1.97. The number of nitrogens with zero attached hydrogens (tertiary/aromatic N) is 6. The van der Waals surface area contributed by atoms with Crippen LogP contribution in [-0.4, -0.2) is 75.0 Å². The van der Waals surface area contributed by atoms with E-state index in [4.69, 9.17) is 9.47 Å². The fourth-order valence-electron chi connectivity index (χ4n) is 5.82. The third-order valence-electron chi connectivity index (χ3n) is 8.18. The van der Waals surface area contributed by atoms with Crippen molar-refractivity contribution in [1.29, 1.82) is 0 Å². The van der Waals surface area contributed by atoms with Gasteiger partial charge in [0.1, 0.15) is 6.61 Å². The monoisotopic (exact) mass is 564 g/mol. The highest BCUT2D eigenvalue weighted by molar-refractivity contribution is 5.69. The molecule has 0 radical (unpaired) electrons. The average molecular weight is 565 g/mol. The zero-order valence-corrected chi connectivity index (χ0v) is 24.7. The van der Waals surface area contributed by atoms with Crippen LogP contribution in [0.3, 0.4) is 0 Å². The molecular weight excluding hydrogens is 524 g/mol. The first kappa shape index (κ1) is 28.1. The van der Waals surface area contributed by atoms with E-state index in [-0.39, 0.29) is 0 Å². The Morgan fingerprint density at radius 3 is 2.62 bits per heavy atom. The van der Waals surface area contributed by atoms with Crippen molar-refractivity contribution >= 4 is 5.57 Å². The average Bonchev–Trinajstić information content (AvgIpc) is 3.25. The maximum Gasteiger partial charge on any atom is 0.159 e. The third-order valence-corrected chi connectivity index (χ3v) is 8.18. The van der Waals surface area contributed by atoms with Crippen molar-refractivity contribution in [2.45, 2.75) is 38.8 Å². The van der Waals surface area contributed by atoms with Crippen molar-refractivity contribution in [1.82, 2.24) is 29.5 Å². The quantitative estimate of drug-likeness (QED) is 0.321. The van der Waals surface area contributed by atoms with E-state index in [0.717, 1.165) is 64.2 Å². The Morgan fingerprint density at radius 1 is 1.00 bits per heavy atom. The van der Waals surface area contributed by atoms with Crippen molar-refractivity contribution in [3.05, 3.63) is 102 Å². The summed E-state index contributed by atoms with van der Waals surface area (Å²) in [5.41, 5.74) is 7.39. The Labute approximate surface area is 248 Å². The molecule has 0 spiro atoms. The van der Waals surface area contributed by atoms with Crippen LogP contribution in [0.1, 0.15) is 37.3 Å². The summed E-state index contributed by atoms with van der Waals surface area (Å²) >= 11 is 0. The largest absolute Gasteiger partial charge is 0.489 e. The number of rotatable bonds is 9. The molecule has 3 aliphatic rings. The van der Waals surface area contributed by atoms with Gasteiger partial charge in [0, 0.05) is 62.3 Å². The van der Waals surface area contributed by atoms with Crippen LogP contribution in [0.5, 0.6) is 5.75 Å². The zero-order chi connectivity index (χ0) is 28.7. The summed E-state index contributed by atoms with van der Waals surface area (Å²) in [4.78, 5) is 14.2. The molecule has 2 aromatic heterocycles. The first-order valence-corrected chi connectivity index (χ1v) is 15.0. The van der Waals surface area contributed by atoms with E-state index < -0.39 is 0 Å². The van der Waals surface area contributed by atoms with Gasteiger partial charge in [0.15, 0.2) is 11.6 Å². The smallest absolute Gasteiger partial charge is 0.159 e. The summed E-state index contributed by atoms with van der Waals surface area (Å²) in [6, 6.07) is 8.94. The maximum absolute atomic E-state index is 5.92. The van der Waals surface area contributed by atoms with Gasteiger partial charge in [-0.15, -0.1) is 0 Å². The second-order valence-electron chi connectivity index (χ2n) is 11.1. The number of hydrogen-bond acceptors (Lipinski definition) is 7. The van der Waals surface area contributed by atoms with Gasteiger partial charge in [-0.3, -0.25) is 9.58 Å². The zero-order valence-electron chi connectivity index (χ0n) is 24.7. The van der Waals surface area contributed by atoms with Crippen LogP contribution in [0, 0.1) is 0 Å². The second-order valence-corrected chi connectivity index (χ2v) is 11.1.